The van der Waals surface area contributed by atoms with Crippen LogP contribution in [0.25, 0.3) is 22.5 Å². The number of carbonyl (C=O) groups is 1. The van der Waals surface area contributed by atoms with Crippen molar-refractivity contribution in [2.75, 3.05) is 38.3 Å². The number of H-pyrrole nitrogens is 1. The average molecular weight is 537 g/mol. The number of carbonyl (C=O) groups excluding carboxylic acids is 1. The molecular weight excluding hydrogens is 506 g/mol. The summed E-state index contributed by atoms with van der Waals surface area (Å²) in [5.74, 6) is 1.36. The predicted molar refractivity (Wildman–Crippen MR) is 155 cm³/mol. The van der Waals surface area contributed by atoms with Crippen LogP contribution in [0.4, 0.5) is 11.5 Å². The lowest BCUT2D eigenvalue weighted by molar-refractivity contribution is -0.353. The van der Waals surface area contributed by atoms with Gasteiger partial charge in [0.25, 0.3) is 5.65 Å². The standard InChI is InChI=1S/C30H29N7O3/c1-34(2)18-8-13-26(38)35(3)22-9-7-10-23(19-22)37-29-27(28(31)32-20-33-29)36(30(37)39)21-14-16-25(17-15-21)40-24-11-5-4-6-12-24/h4-17,19-20H,18H2,1-3H3,(H2,31,32,33)/p+1. The second-order valence-electron chi connectivity index (χ2n) is 9.43. The van der Waals surface area contributed by atoms with Crippen LogP contribution in [0.15, 0.2) is 102 Å². The molecule has 0 bridgehead atoms. The zero-order valence-electron chi connectivity index (χ0n) is 22.5. The van der Waals surface area contributed by atoms with Crippen LogP contribution < -0.4 is 26.0 Å². The van der Waals surface area contributed by atoms with Crippen molar-refractivity contribution in [2.24, 2.45) is 0 Å². The van der Waals surface area contributed by atoms with E-state index in [-0.39, 0.29) is 17.4 Å². The van der Waals surface area contributed by atoms with Crippen LogP contribution in [0, 0.1) is 0 Å². The molecule has 40 heavy (non-hydrogen) atoms. The number of aromatic nitrogens is 4. The van der Waals surface area contributed by atoms with Crippen molar-refractivity contribution >= 4 is 28.6 Å². The van der Waals surface area contributed by atoms with E-state index in [1.807, 2.05) is 61.5 Å². The Bertz CT molecular complexity index is 1740. The van der Waals surface area contributed by atoms with Crippen molar-refractivity contribution in [2.45, 2.75) is 0 Å². The topological polar surface area (TPSA) is 113 Å². The summed E-state index contributed by atoms with van der Waals surface area (Å²) >= 11 is 0. The van der Waals surface area contributed by atoms with Gasteiger partial charge in [-0.15, -0.1) is 0 Å². The molecule has 0 saturated carbocycles. The maximum absolute atomic E-state index is 13.9. The summed E-state index contributed by atoms with van der Waals surface area (Å²) in [7, 11) is 5.56. The number of fused-ring (bicyclic) bond motifs is 1. The van der Waals surface area contributed by atoms with Gasteiger partial charge in [-0.3, -0.25) is 4.79 Å². The van der Waals surface area contributed by atoms with Gasteiger partial charge in [0.05, 0.1) is 5.69 Å². The highest BCUT2D eigenvalue weighted by atomic mass is 16.5. The minimum Gasteiger partial charge on any atom is -0.457 e. The van der Waals surface area contributed by atoms with Gasteiger partial charge in [0.1, 0.15) is 17.2 Å². The SMILES string of the molecule is CN(C)CC=CC(=O)N(C)c1cccc(-n2c(=O)n(-c3ccc(Oc4ccccc4)cc3)c3c(N)nc[nH+]c32)c1. The van der Waals surface area contributed by atoms with Crippen LogP contribution in [-0.2, 0) is 4.79 Å². The molecule has 3 aromatic carbocycles. The Kier molecular flexibility index (Phi) is 7.43. The van der Waals surface area contributed by atoms with E-state index in [0.29, 0.717) is 46.3 Å². The van der Waals surface area contributed by atoms with Crippen LogP contribution in [-0.4, -0.2) is 52.6 Å². The van der Waals surface area contributed by atoms with Crippen molar-refractivity contribution in [3.63, 3.8) is 0 Å². The van der Waals surface area contributed by atoms with Gasteiger partial charge in [-0.25, -0.2) is 14.3 Å². The molecule has 1 amide bonds. The molecule has 5 rings (SSSR count). The van der Waals surface area contributed by atoms with E-state index in [0.717, 1.165) is 0 Å². The number of likely N-dealkylation sites (N-methyl/N-ethyl adjacent to an activating group) is 2. The van der Waals surface area contributed by atoms with Crippen LogP contribution in [0.3, 0.4) is 0 Å². The highest BCUT2D eigenvalue weighted by Gasteiger charge is 2.25. The van der Waals surface area contributed by atoms with Crippen molar-refractivity contribution in [1.82, 2.24) is 19.0 Å². The van der Waals surface area contributed by atoms with Crippen molar-refractivity contribution in [3.8, 4) is 22.9 Å². The molecule has 0 unspecified atom stereocenters. The summed E-state index contributed by atoms with van der Waals surface area (Å²) in [6, 6.07) is 23.8. The number of hydrogen-bond donors (Lipinski definition) is 1. The number of rotatable bonds is 8. The van der Waals surface area contributed by atoms with Gasteiger partial charge in [-0.2, -0.15) is 4.57 Å². The first kappa shape index (κ1) is 26.4. The molecule has 10 nitrogen and oxygen atoms in total. The lowest BCUT2D eigenvalue weighted by Crippen LogP contribution is -2.26. The number of benzene rings is 3. The average Bonchev–Trinajstić information content (AvgIpc) is 3.26. The smallest absolute Gasteiger partial charge is 0.396 e. The van der Waals surface area contributed by atoms with Gasteiger partial charge >= 0.3 is 5.69 Å². The van der Waals surface area contributed by atoms with Gasteiger partial charge < -0.3 is 20.3 Å². The summed E-state index contributed by atoms with van der Waals surface area (Å²) < 4.78 is 8.93. The summed E-state index contributed by atoms with van der Waals surface area (Å²) in [5.41, 5.74) is 8.63. The zero-order chi connectivity index (χ0) is 28.2. The molecule has 0 saturated heterocycles. The Labute approximate surface area is 231 Å². The molecule has 5 aromatic rings. The number of imidazole rings is 1. The van der Waals surface area contributed by atoms with E-state index in [2.05, 4.69) is 9.97 Å². The first-order chi connectivity index (χ1) is 19.3. The molecule has 0 aliphatic rings. The number of nitrogens with two attached hydrogens (primary N) is 1. The Morgan fingerprint density at radius 3 is 2.40 bits per heavy atom. The van der Waals surface area contributed by atoms with Gasteiger partial charge in [0, 0.05) is 31.4 Å². The second-order valence-corrected chi connectivity index (χ2v) is 9.43. The van der Waals surface area contributed by atoms with Crippen molar-refractivity contribution in [3.05, 3.63) is 108 Å². The molecule has 0 spiro atoms. The number of nitrogen functional groups attached to an aromatic ring is 1. The number of anilines is 2. The highest BCUT2D eigenvalue weighted by Crippen LogP contribution is 2.26. The molecule has 0 radical (unpaired) electrons. The molecule has 0 atom stereocenters. The Morgan fingerprint density at radius 2 is 1.68 bits per heavy atom. The van der Waals surface area contributed by atoms with Gasteiger partial charge in [0.2, 0.25) is 18.1 Å². The Hall–Kier alpha value is -5.22. The van der Waals surface area contributed by atoms with E-state index < -0.39 is 0 Å². The monoisotopic (exact) mass is 536 g/mol. The summed E-state index contributed by atoms with van der Waals surface area (Å²) in [5, 5.41) is 0. The molecular formula is C30H30N7O3+. The number of amides is 1. The number of nitrogens with one attached hydrogen (secondary N) is 1. The second kappa shape index (κ2) is 11.3. The molecule has 0 aliphatic heterocycles. The summed E-state index contributed by atoms with van der Waals surface area (Å²) in [6.45, 7) is 0.652. The predicted octanol–water partition coefficient (Wildman–Crippen LogP) is 3.45. The van der Waals surface area contributed by atoms with Crippen LogP contribution in [0.5, 0.6) is 11.5 Å². The van der Waals surface area contributed by atoms with E-state index in [9.17, 15) is 9.59 Å². The molecule has 0 aliphatic carbocycles. The van der Waals surface area contributed by atoms with Gasteiger partial charge in [-0.1, -0.05) is 35.3 Å². The maximum Gasteiger partial charge on any atom is 0.396 e. The van der Waals surface area contributed by atoms with E-state index in [1.54, 1.807) is 49.5 Å². The normalized spacial score (nSPS) is 11.4. The fourth-order valence-electron chi connectivity index (χ4n) is 4.31. The first-order valence-electron chi connectivity index (χ1n) is 12.7. The maximum atomic E-state index is 13.9. The third-order valence-corrected chi connectivity index (χ3v) is 6.31. The van der Waals surface area contributed by atoms with Gasteiger partial charge in [-0.05, 0) is 62.6 Å². The van der Waals surface area contributed by atoms with E-state index in [1.165, 1.54) is 26.4 Å². The fourth-order valence-corrected chi connectivity index (χ4v) is 4.31. The van der Waals surface area contributed by atoms with Crippen molar-refractivity contribution < 1.29 is 14.5 Å². The van der Waals surface area contributed by atoms with E-state index in [4.69, 9.17) is 10.5 Å². The van der Waals surface area contributed by atoms with Gasteiger partial charge in [0.15, 0.2) is 5.52 Å². The Balaban J connectivity index is 1.54. The zero-order valence-corrected chi connectivity index (χ0v) is 22.5. The van der Waals surface area contributed by atoms with E-state index >= 15 is 0 Å². The lowest BCUT2D eigenvalue weighted by Gasteiger charge is -2.16. The number of ether oxygens (including phenoxy) is 1. The third kappa shape index (κ3) is 5.33. The number of para-hydroxylation sites is 1. The third-order valence-electron chi connectivity index (χ3n) is 6.31. The molecule has 10 heteroatoms. The molecule has 202 valence electrons. The lowest BCUT2D eigenvalue weighted by atomic mass is 10.2. The molecule has 2 heterocycles. The molecule has 3 N–H and O–H groups in total. The fraction of sp³-hybridized carbons (Fsp3) is 0.133. The van der Waals surface area contributed by atoms with Crippen LogP contribution in [0.1, 0.15) is 0 Å². The van der Waals surface area contributed by atoms with Crippen LogP contribution >= 0.6 is 0 Å². The first-order valence-corrected chi connectivity index (χ1v) is 12.7. The highest BCUT2D eigenvalue weighted by molar-refractivity contribution is 6.01. The number of hydrogen-bond acceptors (Lipinski definition) is 6. The summed E-state index contributed by atoms with van der Waals surface area (Å²) in [6.07, 6.45) is 4.79. The minimum absolute atomic E-state index is 0.174. The number of aromatic amines is 1. The largest absolute Gasteiger partial charge is 0.457 e. The minimum atomic E-state index is -0.348. The Morgan fingerprint density at radius 1 is 0.950 bits per heavy atom. The summed E-state index contributed by atoms with van der Waals surface area (Å²) in [4.78, 5) is 37.4. The van der Waals surface area contributed by atoms with Crippen LogP contribution in [0.2, 0.25) is 0 Å². The quantitative estimate of drug-likeness (QED) is 0.304. The molecule has 2 aromatic heterocycles. The molecule has 0 fully saturated rings. The van der Waals surface area contributed by atoms with Crippen molar-refractivity contribution in [1.29, 1.82) is 0 Å². The number of nitrogens with zero attached hydrogens (tertiary/aromatic N) is 5.